The molecule has 0 saturated heterocycles. The van der Waals surface area contributed by atoms with E-state index in [1.165, 1.54) is 14.2 Å². The zero-order valence-electron chi connectivity index (χ0n) is 11.2. The predicted molar refractivity (Wildman–Crippen MR) is 64.6 cm³/mol. The molecule has 100 valence electrons. The average molecular weight is 245 g/mol. The third-order valence-corrected chi connectivity index (χ3v) is 2.81. The molecule has 0 aliphatic carbocycles. The van der Waals surface area contributed by atoms with Crippen molar-refractivity contribution in [3.05, 3.63) is 0 Å². The number of ether oxygens (including phenoxy) is 2. The maximum Gasteiger partial charge on any atom is 0.323 e. The largest absolute Gasteiger partial charge is 0.469 e. The summed E-state index contributed by atoms with van der Waals surface area (Å²) in [4.78, 5) is 24.7. The lowest BCUT2D eigenvalue weighted by Crippen LogP contribution is -2.41. The Bertz CT molecular complexity index is 239. The van der Waals surface area contributed by atoms with Crippen molar-refractivity contribution in [1.29, 1.82) is 0 Å². The number of carbonyl (C=O) groups excluding carboxylic acids is 2. The van der Waals surface area contributed by atoms with Crippen LogP contribution in [0.4, 0.5) is 0 Å². The molecule has 0 saturated carbocycles. The van der Waals surface area contributed by atoms with Crippen LogP contribution < -0.4 is 0 Å². The number of likely N-dealkylation sites (N-methyl/N-ethyl adjacent to an activating group) is 1. The summed E-state index contributed by atoms with van der Waals surface area (Å²) in [5.41, 5.74) is 0. The van der Waals surface area contributed by atoms with Crippen molar-refractivity contribution in [2.45, 2.75) is 39.2 Å². The van der Waals surface area contributed by atoms with Crippen LogP contribution in [0.25, 0.3) is 0 Å². The van der Waals surface area contributed by atoms with Crippen LogP contribution in [0, 0.1) is 0 Å². The van der Waals surface area contributed by atoms with Crippen molar-refractivity contribution in [3.63, 3.8) is 0 Å². The van der Waals surface area contributed by atoms with Gasteiger partial charge in [-0.05, 0) is 25.9 Å². The second-order valence-corrected chi connectivity index (χ2v) is 3.73. The highest BCUT2D eigenvalue weighted by molar-refractivity contribution is 5.75. The van der Waals surface area contributed by atoms with Gasteiger partial charge in [0, 0.05) is 6.42 Å². The minimum Gasteiger partial charge on any atom is -0.469 e. The van der Waals surface area contributed by atoms with Gasteiger partial charge >= 0.3 is 11.9 Å². The predicted octanol–water partition coefficient (Wildman–Crippen LogP) is 1.21. The molecule has 0 fully saturated rings. The number of hydrogen-bond donors (Lipinski definition) is 0. The topological polar surface area (TPSA) is 55.8 Å². The fraction of sp³-hybridized carbons (Fsp3) is 0.833. The molecule has 0 bridgehead atoms. The first-order chi connectivity index (χ1) is 8.10. The fourth-order valence-electron chi connectivity index (χ4n) is 1.79. The molecule has 5 heteroatoms. The Hall–Kier alpha value is -1.10. The molecule has 0 amide bonds. The Morgan fingerprint density at radius 3 is 2.12 bits per heavy atom. The standard InChI is InChI=1S/C12H23NO4/c1-5-13(6-2)10(12(15)17-4)8-7-9-11(14)16-3/h10H,5-9H2,1-4H3. The van der Waals surface area contributed by atoms with Crippen LogP contribution in [0.1, 0.15) is 33.1 Å². The molecular formula is C12H23NO4. The summed E-state index contributed by atoms with van der Waals surface area (Å²) in [6.45, 7) is 5.57. The van der Waals surface area contributed by atoms with Crippen molar-refractivity contribution in [2.75, 3.05) is 27.3 Å². The minimum atomic E-state index is -0.264. The van der Waals surface area contributed by atoms with Crippen molar-refractivity contribution in [3.8, 4) is 0 Å². The lowest BCUT2D eigenvalue weighted by Gasteiger charge is -2.27. The number of esters is 2. The normalized spacial score (nSPS) is 12.3. The van der Waals surface area contributed by atoms with Crippen molar-refractivity contribution in [1.82, 2.24) is 4.90 Å². The Balaban J connectivity index is 4.29. The zero-order valence-corrected chi connectivity index (χ0v) is 11.2. The van der Waals surface area contributed by atoms with Gasteiger partial charge in [0.1, 0.15) is 6.04 Å². The summed E-state index contributed by atoms with van der Waals surface area (Å²) in [6, 6.07) is -0.264. The van der Waals surface area contributed by atoms with E-state index in [0.29, 0.717) is 19.3 Å². The van der Waals surface area contributed by atoms with E-state index in [2.05, 4.69) is 4.74 Å². The number of hydrogen-bond acceptors (Lipinski definition) is 5. The number of carbonyl (C=O) groups is 2. The maximum atomic E-state index is 11.6. The van der Waals surface area contributed by atoms with E-state index in [4.69, 9.17) is 4.74 Å². The highest BCUT2D eigenvalue weighted by atomic mass is 16.5. The molecule has 0 aromatic rings. The van der Waals surface area contributed by atoms with Crippen LogP contribution in [-0.2, 0) is 19.1 Å². The summed E-state index contributed by atoms with van der Waals surface area (Å²) in [6.07, 6.45) is 1.58. The molecule has 0 aromatic carbocycles. The van der Waals surface area contributed by atoms with E-state index in [1.807, 2.05) is 18.7 Å². The van der Waals surface area contributed by atoms with E-state index in [9.17, 15) is 9.59 Å². The van der Waals surface area contributed by atoms with Gasteiger partial charge in [-0.3, -0.25) is 14.5 Å². The van der Waals surface area contributed by atoms with Crippen LogP contribution in [0.15, 0.2) is 0 Å². The van der Waals surface area contributed by atoms with Gasteiger partial charge in [-0.25, -0.2) is 0 Å². The molecule has 0 aliphatic rings. The van der Waals surface area contributed by atoms with Crippen molar-refractivity contribution in [2.24, 2.45) is 0 Å². The quantitative estimate of drug-likeness (QED) is 0.602. The van der Waals surface area contributed by atoms with Gasteiger partial charge in [-0.2, -0.15) is 0 Å². The van der Waals surface area contributed by atoms with Gasteiger partial charge < -0.3 is 9.47 Å². The molecule has 0 aliphatic heterocycles. The Morgan fingerprint density at radius 2 is 1.71 bits per heavy atom. The second kappa shape index (κ2) is 8.98. The maximum absolute atomic E-state index is 11.6. The molecule has 17 heavy (non-hydrogen) atoms. The molecule has 0 rings (SSSR count). The number of nitrogens with zero attached hydrogens (tertiary/aromatic N) is 1. The Kier molecular flexibility index (Phi) is 8.40. The van der Waals surface area contributed by atoms with E-state index in [-0.39, 0.29) is 18.0 Å². The third kappa shape index (κ3) is 5.68. The van der Waals surface area contributed by atoms with Crippen LogP contribution >= 0.6 is 0 Å². The fourth-order valence-corrected chi connectivity index (χ4v) is 1.79. The first kappa shape index (κ1) is 15.9. The summed E-state index contributed by atoms with van der Waals surface area (Å²) < 4.78 is 9.35. The van der Waals surface area contributed by atoms with Gasteiger partial charge in [0.15, 0.2) is 0 Å². The van der Waals surface area contributed by atoms with Gasteiger partial charge in [-0.1, -0.05) is 13.8 Å². The minimum absolute atomic E-state index is 0.237. The SMILES string of the molecule is CCN(CC)C(CCCC(=O)OC)C(=O)OC. The van der Waals surface area contributed by atoms with Crippen LogP contribution in [0.3, 0.4) is 0 Å². The van der Waals surface area contributed by atoms with Gasteiger partial charge in [0.25, 0.3) is 0 Å². The summed E-state index contributed by atoms with van der Waals surface area (Å²) in [7, 11) is 2.75. The first-order valence-corrected chi connectivity index (χ1v) is 5.99. The average Bonchev–Trinajstić information content (AvgIpc) is 2.36. The smallest absolute Gasteiger partial charge is 0.323 e. The van der Waals surface area contributed by atoms with Crippen molar-refractivity contribution >= 4 is 11.9 Å². The summed E-state index contributed by atoms with van der Waals surface area (Å²) in [5.74, 6) is -0.480. The van der Waals surface area contributed by atoms with E-state index in [0.717, 1.165) is 13.1 Å². The third-order valence-electron chi connectivity index (χ3n) is 2.81. The summed E-state index contributed by atoms with van der Waals surface area (Å²) in [5, 5.41) is 0. The van der Waals surface area contributed by atoms with Gasteiger partial charge in [0.2, 0.25) is 0 Å². The first-order valence-electron chi connectivity index (χ1n) is 5.99. The highest BCUT2D eigenvalue weighted by Gasteiger charge is 2.24. The van der Waals surface area contributed by atoms with Gasteiger partial charge in [-0.15, -0.1) is 0 Å². The monoisotopic (exact) mass is 245 g/mol. The summed E-state index contributed by atoms with van der Waals surface area (Å²) >= 11 is 0. The van der Waals surface area contributed by atoms with Crippen LogP contribution in [0.2, 0.25) is 0 Å². The molecule has 5 nitrogen and oxygen atoms in total. The highest BCUT2D eigenvalue weighted by Crippen LogP contribution is 2.11. The molecule has 0 radical (unpaired) electrons. The molecule has 1 unspecified atom stereocenters. The number of methoxy groups -OCH3 is 2. The molecule has 1 atom stereocenters. The van der Waals surface area contributed by atoms with E-state index < -0.39 is 0 Å². The Labute approximate surface area is 103 Å². The van der Waals surface area contributed by atoms with Gasteiger partial charge in [0.05, 0.1) is 14.2 Å². The van der Waals surface area contributed by atoms with E-state index in [1.54, 1.807) is 0 Å². The van der Waals surface area contributed by atoms with Crippen LogP contribution in [-0.4, -0.2) is 50.2 Å². The second-order valence-electron chi connectivity index (χ2n) is 3.73. The van der Waals surface area contributed by atoms with E-state index >= 15 is 0 Å². The lowest BCUT2D eigenvalue weighted by molar-refractivity contribution is -0.148. The molecule has 0 N–H and O–H groups in total. The molecule has 0 spiro atoms. The lowest BCUT2D eigenvalue weighted by atomic mass is 10.1. The molecule has 0 heterocycles. The number of rotatable bonds is 8. The molecular weight excluding hydrogens is 222 g/mol. The Morgan fingerprint density at radius 1 is 1.12 bits per heavy atom. The zero-order chi connectivity index (χ0) is 13.3. The van der Waals surface area contributed by atoms with Crippen molar-refractivity contribution < 1.29 is 19.1 Å². The molecule has 0 aromatic heterocycles. The van der Waals surface area contributed by atoms with Crippen LogP contribution in [0.5, 0.6) is 0 Å².